The summed E-state index contributed by atoms with van der Waals surface area (Å²) in [7, 11) is 0. The van der Waals surface area contributed by atoms with Crippen LogP contribution in [0.5, 0.6) is 5.75 Å². The Labute approximate surface area is 137 Å². The van der Waals surface area contributed by atoms with Crippen LogP contribution in [0.2, 0.25) is 0 Å². The molecule has 2 fully saturated rings. The van der Waals surface area contributed by atoms with E-state index in [0.29, 0.717) is 12.5 Å². The molecule has 4 nitrogen and oxygen atoms in total. The first kappa shape index (κ1) is 15.0. The van der Waals surface area contributed by atoms with Crippen LogP contribution in [0, 0.1) is 5.92 Å². The number of fused-ring (bicyclic) bond motifs is 5. The van der Waals surface area contributed by atoms with Crippen LogP contribution < -0.4 is 4.74 Å². The summed E-state index contributed by atoms with van der Waals surface area (Å²) in [5, 5.41) is 0. The van der Waals surface area contributed by atoms with Gasteiger partial charge in [-0.3, -0.25) is 9.69 Å². The number of hydrogen-bond donors (Lipinski definition) is 0. The van der Waals surface area contributed by atoms with Crippen molar-refractivity contribution >= 4 is 5.97 Å². The molecule has 0 unspecified atom stereocenters. The molecule has 3 heterocycles. The highest BCUT2D eigenvalue weighted by atomic mass is 16.6. The van der Waals surface area contributed by atoms with E-state index in [9.17, 15) is 4.79 Å². The number of benzene rings is 1. The number of carbonyl (C=O) groups excluding carboxylic acids is 1. The van der Waals surface area contributed by atoms with Crippen molar-refractivity contribution in [1.29, 1.82) is 0 Å². The van der Waals surface area contributed by atoms with Gasteiger partial charge in [-0.05, 0) is 52.6 Å². The predicted molar refractivity (Wildman–Crippen MR) is 87.3 cm³/mol. The van der Waals surface area contributed by atoms with Gasteiger partial charge in [-0.2, -0.15) is 0 Å². The maximum Gasteiger partial charge on any atom is 0.327 e. The smallest absolute Gasteiger partial charge is 0.327 e. The molecule has 0 N–H and O–H groups in total. The van der Waals surface area contributed by atoms with Crippen molar-refractivity contribution in [2.24, 2.45) is 5.92 Å². The normalized spacial score (nSPS) is 32.7. The Bertz CT molecular complexity index is 636. The van der Waals surface area contributed by atoms with Gasteiger partial charge in [-0.1, -0.05) is 18.2 Å². The van der Waals surface area contributed by atoms with E-state index in [1.165, 1.54) is 5.56 Å². The molecule has 1 aromatic carbocycles. The lowest BCUT2D eigenvalue weighted by molar-refractivity contribution is -0.167. The van der Waals surface area contributed by atoms with Gasteiger partial charge in [0.2, 0.25) is 0 Å². The van der Waals surface area contributed by atoms with E-state index in [2.05, 4.69) is 17.0 Å². The van der Waals surface area contributed by atoms with Crippen LogP contribution in [0.3, 0.4) is 0 Å². The average Bonchev–Trinajstić information content (AvgIpc) is 3.02. The molecule has 3 aliphatic rings. The fourth-order valence-electron chi connectivity index (χ4n) is 4.62. The monoisotopic (exact) mass is 315 g/mol. The molecule has 23 heavy (non-hydrogen) atoms. The van der Waals surface area contributed by atoms with E-state index in [0.717, 1.165) is 31.6 Å². The molecular weight excluding hydrogens is 290 g/mol. The van der Waals surface area contributed by atoms with Gasteiger partial charge in [0.1, 0.15) is 16.9 Å². The van der Waals surface area contributed by atoms with Crippen molar-refractivity contribution in [3.8, 4) is 5.75 Å². The van der Waals surface area contributed by atoms with Gasteiger partial charge in [0, 0.05) is 17.5 Å². The molecule has 1 aromatic rings. The zero-order chi connectivity index (χ0) is 16.2. The summed E-state index contributed by atoms with van der Waals surface area (Å²) in [4.78, 5) is 15.4. The lowest BCUT2D eigenvalue weighted by Gasteiger charge is -2.36. The topological polar surface area (TPSA) is 38.8 Å². The van der Waals surface area contributed by atoms with Crippen molar-refractivity contribution in [1.82, 2.24) is 4.90 Å². The molecule has 0 amide bonds. The predicted octanol–water partition coefficient (Wildman–Crippen LogP) is 3.32. The molecule has 3 aliphatic heterocycles. The third kappa shape index (κ3) is 2.26. The minimum atomic E-state index is -0.455. The minimum Gasteiger partial charge on any atom is -0.493 e. The molecular formula is C19H25NO3. The van der Waals surface area contributed by atoms with Gasteiger partial charge in [0.05, 0.1) is 6.61 Å². The summed E-state index contributed by atoms with van der Waals surface area (Å²) in [6.07, 6.45) is 2.81. The molecule has 0 aromatic heterocycles. The first-order valence-corrected chi connectivity index (χ1v) is 8.63. The van der Waals surface area contributed by atoms with Crippen LogP contribution in [0.4, 0.5) is 0 Å². The van der Waals surface area contributed by atoms with E-state index in [4.69, 9.17) is 9.47 Å². The van der Waals surface area contributed by atoms with Crippen LogP contribution >= 0.6 is 0 Å². The summed E-state index contributed by atoms with van der Waals surface area (Å²) in [5.74, 6) is 1.30. The number of hydrogen-bond acceptors (Lipinski definition) is 4. The number of nitrogens with zero attached hydrogens (tertiary/aromatic N) is 1. The van der Waals surface area contributed by atoms with Crippen LogP contribution in [-0.2, 0) is 9.53 Å². The second-order valence-electron chi connectivity index (χ2n) is 8.09. The molecule has 4 rings (SSSR count). The number of ether oxygens (including phenoxy) is 2. The van der Waals surface area contributed by atoms with Gasteiger partial charge in [0.15, 0.2) is 0 Å². The Morgan fingerprint density at radius 1 is 1.35 bits per heavy atom. The second-order valence-corrected chi connectivity index (χ2v) is 8.09. The van der Waals surface area contributed by atoms with Crippen LogP contribution in [0.25, 0.3) is 0 Å². The minimum absolute atomic E-state index is 0.0469. The zero-order valence-electron chi connectivity index (χ0n) is 14.2. The highest BCUT2D eigenvalue weighted by Gasteiger charge is 2.61. The van der Waals surface area contributed by atoms with Crippen molar-refractivity contribution in [2.75, 3.05) is 13.2 Å². The summed E-state index contributed by atoms with van der Waals surface area (Å²) in [6, 6.07) is 8.55. The van der Waals surface area contributed by atoms with Crippen LogP contribution in [0.1, 0.15) is 51.6 Å². The lowest BCUT2D eigenvalue weighted by Crippen LogP contribution is -2.49. The largest absolute Gasteiger partial charge is 0.493 e. The maximum atomic E-state index is 13.0. The summed E-state index contributed by atoms with van der Waals surface area (Å²) >= 11 is 0. The van der Waals surface area contributed by atoms with Gasteiger partial charge >= 0.3 is 5.97 Å². The first-order valence-electron chi connectivity index (χ1n) is 8.63. The van der Waals surface area contributed by atoms with Gasteiger partial charge < -0.3 is 9.47 Å². The number of para-hydroxylation sites is 1. The number of carbonyl (C=O) groups is 1. The molecule has 4 heteroatoms. The number of rotatable bonds is 1. The van der Waals surface area contributed by atoms with Crippen molar-refractivity contribution in [3.05, 3.63) is 29.8 Å². The van der Waals surface area contributed by atoms with Gasteiger partial charge in [0.25, 0.3) is 0 Å². The van der Waals surface area contributed by atoms with E-state index < -0.39 is 11.1 Å². The Balaban J connectivity index is 1.71. The highest BCUT2D eigenvalue weighted by molar-refractivity contribution is 5.82. The summed E-state index contributed by atoms with van der Waals surface area (Å²) in [6.45, 7) is 7.50. The van der Waals surface area contributed by atoms with E-state index >= 15 is 0 Å². The SMILES string of the molecule is CC(C)(C)OC(=O)[C@@]12CCCN1[C@H]1c3ccccc3OC[C@H]1C2. The molecule has 124 valence electrons. The van der Waals surface area contributed by atoms with E-state index in [1.54, 1.807) is 0 Å². The Kier molecular flexibility index (Phi) is 3.24. The van der Waals surface area contributed by atoms with Crippen molar-refractivity contribution in [2.45, 2.75) is 57.2 Å². The molecule has 2 saturated heterocycles. The molecule has 0 spiro atoms. The molecule has 0 radical (unpaired) electrons. The maximum absolute atomic E-state index is 13.0. The third-order valence-corrected chi connectivity index (χ3v) is 5.39. The molecule has 3 atom stereocenters. The first-order chi connectivity index (χ1) is 10.9. The van der Waals surface area contributed by atoms with Crippen molar-refractivity contribution < 1.29 is 14.3 Å². The van der Waals surface area contributed by atoms with Crippen LogP contribution in [0.15, 0.2) is 24.3 Å². The van der Waals surface area contributed by atoms with E-state index in [1.807, 2.05) is 32.9 Å². The second kappa shape index (κ2) is 4.97. The van der Waals surface area contributed by atoms with Gasteiger partial charge in [-0.25, -0.2) is 0 Å². The van der Waals surface area contributed by atoms with Crippen LogP contribution in [-0.4, -0.2) is 35.2 Å². The number of esters is 1. The van der Waals surface area contributed by atoms with Crippen molar-refractivity contribution in [3.63, 3.8) is 0 Å². The molecule has 0 aliphatic carbocycles. The summed E-state index contributed by atoms with van der Waals surface area (Å²) < 4.78 is 11.7. The third-order valence-electron chi connectivity index (χ3n) is 5.39. The fraction of sp³-hybridized carbons (Fsp3) is 0.632. The van der Waals surface area contributed by atoms with E-state index in [-0.39, 0.29) is 12.0 Å². The zero-order valence-corrected chi connectivity index (χ0v) is 14.2. The average molecular weight is 315 g/mol. The molecule has 0 bridgehead atoms. The standard InChI is InChI=1S/C19H25NO3/c1-18(2,3)23-17(21)19-9-6-10-20(19)16-13(11-19)12-22-15-8-5-4-7-14(15)16/h4-5,7-8,13,16H,6,9-12H2,1-3H3/t13-,16-,19+/m1/s1. The highest BCUT2D eigenvalue weighted by Crippen LogP contribution is 2.55. The fourth-order valence-corrected chi connectivity index (χ4v) is 4.62. The molecule has 0 saturated carbocycles. The quantitative estimate of drug-likeness (QED) is 0.745. The lowest BCUT2D eigenvalue weighted by atomic mass is 9.86. The Morgan fingerprint density at radius 2 is 2.13 bits per heavy atom. The van der Waals surface area contributed by atoms with Gasteiger partial charge in [-0.15, -0.1) is 0 Å². The summed E-state index contributed by atoms with van der Waals surface area (Å²) in [5.41, 5.74) is 0.335. The Hall–Kier alpha value is -1.55. The Morgan fingerprint density at radius 3 is 2.91 bits per heavy atom.